The third kappa shape index (κ3) is 3.13. The molecule has 0 fully saturated rings. The second-order valence-corrected chi connectivity index (χ2v) is 4.22. The van der Waals surface area contributed by atoms with Gasteiger partial charge in [-0.2, -0.15) is 13.2 Å². The SMILES string of the molecule is COc1cccc(-c2ccc([N+](=O)[O-])cc2C(F)(F)F)c1. The fraction of sp³-hybridized carbons (Fsp3) is 0.143. The van der Waals surface area contributed by atoms with Gasteiger partial charge in [0.1, 0.15) is 5.75 Å². The largest absolute Gasteiger partial charge is 0.497 e. The number of hydrogen-bond donors (Lipinski definition) is 0. The molecule has 21 heavy (non-hydrogen) atoms. The van der Waals surface area contributed by atoms with E-state index in [9.17, 15) is 23.3 Å². The fourth-order valence-electron chi connectivity index (χ4n) is 1.92. The molecule has 0 aliphatic rings. The van der Waals surface area contributed by atoms with Crippen molar-refractivity contribution in [2.45, 2.75) is 6.18 Å². The van der Waals surface area contributed by atoms with Crippen molar-refractivity contribution in [3.63, 3.8) is 0 Å². The highest BCUT2D eigenvalue weighted by Crippen LogP contribution is 2.39. The Hall–Kier alpha value is -2.57. The molecular formula is C14H10F3NO3. The molecule has 0 N–H and O–H groups in total. The van der Waals surface area contributed by atoms with E-state index in [4.69, 9.17) is 4.74 Å². The Bertz CT molecular complexity index is 683. The van der Waals surface area contributed by atoms with Gasteiger partial charge in [0.05, 0.1) is 17.6 Å². The van der Waals surface area contributed by atoms with E-state index in [-0.39, 0.29) is 11.1 Å². The van der Waals surface area contributed by atoms with E-state index in [0.717, 1.165) is 12.1 Å². The van der Waals surface area contributed by atoms with Crippen LogP contribution in [0.5, 0.6) is 5.75 Å². The Morgan fingerprint density at radius 2 is 1.86 bits per heavy atom. The molecule has 4 nitrogen and oxygen atoms in total. The van der Waals surface area contributed by atoms with Gasteiger partial charge in [0, 0.05) is 12.1 Å². The zero-order valence-corrected chi connectivity index (χ0v) is 10.8. The molecule has 0 aliphatic heterocycles. The van der Waals surface area contributed by atoms with Gasteiger partial charge in [0.2, 0.25) is 0 Å². The molecular weight excluding hydrogens is 287 g/mol. The summed E-state index contributed by atoms with van der Waals surface area (Å²) in [4.78, 5) is 9.79. The minimum absolute atomic E-state index is 0.132. The standard InChI is InChI=1S/C14H10F3NO3/c1-21-11-4-2-3-9(7-11)12-6-5-10(18(19)20)8-13(12)14(15,16)17/h2-8H,1H3. The van der Waals surface area contributed by atoms with Gasteiger partial charge in [-0.1, -0.05) is 12.1 Å². The molecule has 0 aromatic heterocycles. The van der Waals surface area contributed by atoms with E-state index in [0.29, 0.717) is 11.8 Å². The Morgan fingerprint density at radius 3 is 2.43 bits per heavy atom. The van der Waals surface area contributed by atoms with Crippen molar-refractivity contribution < 1.29 is 22.8 Å². The number of ether oxygens (including phenoxy) is 1. The molecule has 0 aliphatic carbocycles. The lowest BCUT2D eigenvalue weighted by atomic mass is 9.98. The molecule has 2 aromatic carbocycles. The summed E-state index contributed by atoms with van der Waals surface area (Å²) in [5, 5.41) is 10.6. The highest BCUT2D eigenvalue weighted by molar-refractivity contribution is 5.71. The smallest absolute Gasteiger partial charge is 0.417 e. The van der Waals surface area contributed by atoms with Gasteiger partial charge < -0.3 is 4.74 Å². The Kier molecular flexibility index (Phi) is 3.84. The maximum absolute atomic E-state index is 13.1. The molecule has 110 valence electrons. The number of nitro groups is 1. The number of nitrogens with zero attached hydrogens (tertiary/aromatic N) is 1. The number of benzene rings is 2. The summed E-state index contributed by atoms with van der Waals surface area (Å²) in [5.41, 5.74) is -1.51. The summed E-state index contributed by atoms with van der Waals surface area (Å²) in [6.07, 6.45) is -4.69. The second kappa shape index (κ2) is 5.43. The molecule has 0 radical (unpaired) electrons. The van der Waals surface area contributed by atoms with E-state index >= 15 is 0 Å². The van der Waals surface area contributed by atoms with Gasteiger partial charge in [0.25, 0.3) is 5.69 Å². The van der Waals surface area contributed by atoms with Crippen LogP contribution in [-0.4, -0.2) is 12.0 Å². The van der Waals surface area contributed by atoms with Gasteiger partial charge in [-0.15, -0.1) is 0 Å². The molecule has 0 spiro atoms. The fourth-order valence-corrected chi connectivity index (χ4v) is 1.92. The van der Waals surface area contributed by atoms with Crippen LogP contribution in [0.4, 0.5) is 18.9 Å². The zero-order valence-electron chi connectivity index (χ0n) is 10.8. The third-order valence-corrected chi connectivity index (χ3v) is 2.90. The van der Waals surface area contributed by atoms with Crippen molar-refractivity contribution in [3.05, 3.63) is 58.1 Å². The predicted molar refractivity (Wildman–Crippen MR) is 70.1 cm³/mol. The monoisotopic (exact) mass is 297 g/mol. The van der Waals surface area contributed by atoms with Gasteiger partial charge in [-0.05, 0) is 29.3 Å². The quantitative estimate of drug-likeness (QED) is 0.627. The lowest BCUT2D eigenvalue weighted by Gasteiger charge is -2.13. The summed E-state index contributed by atoms with van der Waals surface area (Å²) in [7, 11) is 1.40. The average molecular weight is 297 g/mol. The van der Waals surface area contributed by atoms with E-state index in [1.54, 1.807) is 12.1 Å². The molecule has 2 aromatic rings. The third-order valence-electron chi connectivity index (χ3n) is 2.90. The molecule has 2 rings (SSSR count). The van der Waals surface area contributed by atoms with Gasteiger partial charge in [0.15, 0.2) is 0 Å². The highest BCUT2D eigenvalue weighted by Gasteiger charge is 2.35. The van der Waals surface area contributed by atoms with Crippen molar-refractivity contribution in [2.75, 3.05) is 7.11 Å². The van der Waals surface area contributed by atoms with Crippen LogP contribution < -0.4 is 4.74 Å². The first-order chi connectivity index (χ1) is 9.82. The average Bonchev–Trinajstić information content (AvgIpc) is 2.45. The molecule has 0 saturated heterocycles. The van der Waals surface area contributed by atoms with Crippen molar-refractivity contribution >= 4 is 5.69 Å². The van der Waals surface area contributed by atoms with Crippen LogP contribution in [0.15, 0.2) is 42.5 Å². The first-order valence-electron chi connectivity index (χ1n) is 5.83. The predicted octanol–water partition coefficient (Wildman–Crippen LogP) is 4.29. The second-order valence-electron chi connectivity index (χ2n) is 4.22. The number of nitro benzene ring substituents is 1. The van der Waals surface area contributed by atoms with E-state index < -0.39 is 22.4 Å². The number of halogens is 3. The summed E-state index contributed by atoms with van der Waals surface area (Å²) >= 11 is 0. The van der Waals surface area contributed by atoms with Crippen LogP contribution >= 0.6 is 0 Å². The summed E-state index contributed by atoms with van der Waals surface area (Å²) < 4.78 is 44.3. The number of rotatable bonds is 3. The van der Waals surface area contributed by atoms with Crippen LogP contribution in [0.3, 0.4) is 0 Å². The van der Waals surface area contributed by atoms with E-state index in [1.165, 1.54) is 19.2 Å². The number of hydrogen-bond acceptors (Lipinski definition) is 3. The van der Waals surface area contributed by atoms with Crippen molar-refractivity contribution in [3.8, 4) is 16.9 Å². The van der Waals surface area contributed by atoms with E-state index in [2.05, 4.69) is 0 Å². The zero-order chi connectivity index (χ0) is 15.6. The number of alkyl halides is 3. The van der Waals surface area contributed by atoms with Crippen LogP contribution in [0.25, 0.3) is 11.1 Å². The first-order valence-corrected chi connectivity index (χ1v) is 5.83. The molecule has 0 unspecified atom stereocenters. The number of methoxy groups -OCH3 is 1. The van der Waals surface area contributed by atoms with Crippen LogP contribution in [0, 0.1) is 10.1 Å². The van der Waals surface area contributed by atoms with Crippen molar-refractivity contribution in [1.82, 2.24) is 0 Å². The Morgan fingerprint density at radius 1 is 1.14 bits per heavy atom. The minimum Gasteiger partial charge on any atom is -0.497 e. The van der Waals surface area contributed by atoms with E-state index in [1.807, 2.05) is 0 Å². The van der Waals surface area contributed by atoms with Gasteiger partial charge >= 0.3 is 6.18 Å². The number of non-ortho nitro benzene ring substituents is 1. The maximum atomic E-state index is 13.1. The normalized spacial score (nSPS) is 11.2. The molecule has 0 heterocycles. The summed E-state index contributed by atoms with van der Waals surface area (Å²) in [5.74, 6) is 0.402. The highest BCUT2D eigenvalue weighted by atomic mass is 19.4. The molecule has 0 saturated carbocycles. The lowest BCUT2D eigenvalue weighted by Crippen LogP contribution is -2.08. The minimum atomic E-state index is -4.69. The van der Waals surface area contributed by atoms with Gasteiger partial charge in [-0.3, -0.25) is 10.1 Å². The molecule has 0 amide bonds. The van der Waals surface area contributed by atoms with Gasteiger partial charge in [-0.25, -0.2) is 0 Å². The first kappa shape index (κ1) is 14.8. The van der Waals surface area contributed by atoms with Crippen molar-refractivity contribution in [1.29, 1.82) is 0 Å². The van der Waals surface area contributed by atoms with Crippen LogP contribution in [0.2, 0.25) is 0 Å². The molecule has 0 atom stereocenters. The maximum Gasteiger partial charge on any atom is 0.417 e. The summed E-state index contributed by atoms with van der Waals surface area (Å²) in [6, 6.07) is 8.75. The Balaban J connectivity index is 2.64. The summed E-state index contributed by atoms with van der Waals surface area (Å²) in [6.45, 7) is 0. The molecule has 0 bridgehead atoms. The lowest BCUT2D eigenvalue weighted by molar-refractivity contribution is -0.385. The van der Waals surface area contributed by atoms with Crippen LogP contribution in [0.1, 0.15) is 5.56 Å². The molecule has 7 heteroatoms. The van der Waals surface area contributed by atoms with Crippen LogP contribution in [-0.2, 0) is 6.18 Å². The topological polar surface area (TPSA) is 52.4 Å². The Labute approximate surface area is 117 Å². The van der Waals surface area contributed by atoms with Crippen molar-refractivity contribution in [2.24, 2.45) is 0 Å².